The van der Waals surface area contributed by atoms with Gasteiger partial charge in [-0.15, -0.1) is 13.2 Å². The number of rotatable bonds is 6. The molecule has 1 aromatic carbocycles. The minimum Gasteiger partial charge on any atom is -0.345 e. The third kappa shape index (κ3) is 5.46. The Labute approximate surface area is 154 Å². The Hall–Kier alpha value is -3.65. The van der Waals surface area contributed by atoms with Crippen molar-refractivity contribution in [1.82, 2.24) is 15.3 Å². The van der Waals surface area contributed by atoms with Gasteiger partial charge in [-0.05, 0) is 18.1 Å². The van der Waals surface area contributed by atoms with Crippen molar-refractivity contribution in [3.05, 3.63) is 97.1 Å². The number of nitrogens with one attached hydrogen (secondary N) is 2. The SMILES string of the molecule is C=C.C=C/C(=C\C)C(NC(=O)/C(C#N)=C/c1ncc[nH]1)c1ccccc1. The molecule has 0 saturated carbocycles. The molecular formula is C21H22N4O. The maximum absolute atomic E-state index is 12.5. The predicted molar refractivity (Wildman–Crippen MR) is 105 cm³/mol. The number of amides is 1. The number of nitrogens with zero attached hydrogens (tertiary/aromatic N) is 2. The first-order valence-corrected chi connectivity index (χ1v) is 7.95. The second-order valence-electron chi connectivity index (χ2n) is 4.95. The van der Waals surface area contributed by atoms with Crippen molar-refractivity contribution in [1.29, 1.82) is 5.26 Å². The first-order chi connectivity index (χ1) is 12.7. The van der Waals surface area contributed by atoms with Crippen LogP contribution in [0, 0.1) is 11.3 Å². The molecule has 5 nitrogen and oxygen atoms in total. The Kier molecular flexibility index (Phi) is 8.63. The Morgan fingerprint density at radius 2 is 2.04 bits per heavy atom. The molecule has 0 radical (unpaired) electrons. The van der Waals surface area contributed by atoms with Crippen LogP contribution in [-0.4, -0.2) is 15.9 Å². The molecule has 1 heterocycles. The molecule has 2 rings (SSSR count). The number of hydrogen-bond acceptors (Lipinski definition) is 3. The molecule has 0 bridgehead atoms. The molecule has 1 atom stereocenters. The van der Waals surface area contributed by atoms with E-state index in [4.69, 9.17) is 0 Å². The van der Waals surface area contributed by atoms with Gasteiger partial charge in [0.1, 0.15) is 17.5 Å². The quantitative estimate of drug-likeness (QED) is 0.357. The van der Waals surface area contributed by atoms with Crippen LogP contribution < -0.4 is 5.32 Å². The fourth-order valence-electron chi connectivity index (χ4n) is 2.26. The number of imidazole rings is 1. The summed E-state index contributed by atoms with van der Waals surface area (Å²) in [5.74, 6) is -0.0168. The topological polar surface area (TPSA) is 81.6 Å². The lowest BCUT2D eigenvalue weighted by Crippen LogP contribution is -2.30. The number of hydrogen-bond donors (Lipinski definition) is 2. The third-order valence-corrected chi connectivity index (χ3v) is 3.48. The highest BCUT2D eigenvalue weighted by Crippen LogP contribution is 2.23. The molecule has 0 aliphatic heterocycles. The summed E-state index contributed by atoms with van der Waals surface area (Å²) < 4.78 is 0. The van der Waals surface area contributed by atoms with E-state index in [0.29, 0.717) is 5.82 Å². The van der Waals surface area contributed by atoms with Crippen LogP contribution in [0.15, 0.2) is 85.8 Å². The first-order valence-electron chi connectivity index (χ1n) is 7.95. The minimum absolute atomic E-state index is 0.0228. The lowest BCUT2D eigenvalue weighted by molar-refractivity contribution is -0.117. The van der Waals surface area contributed by atoms with E-state index in [2.05, 4.69) is 35.0 Å². The molecular weight excluding hydrogens is 324 g/mol. The second kappa shape index (κ2) is 11.0. The van der Waals surface area contributed by atoms with Crippen LogP contribution >= 0.6 is 0 Å². The highest BCUT2D eigenvalue weighted by Gasteiger charge is 2.19. The lowest BCUT2D eigenvalue weighted by Gasteiger charge is -2.20. The van der Waals surface area contributed by atoms with Crippen molar-refractivity contribution in [2.45, 2.75) is 13.0 Å². The van der Waals surface area contributed by atoms with Gasteiger partial charge in [-0.1, -0.05) is 49.1 Å². The Balaban J connectivity index is 0.00000163. The van der Waals surface area contributed by atoms with Gasteiger partial charge in [-0.25, -0.2) is 4.98 Å². The van der Waals surface area contributed by atoms with Crippen LogP contribution in [-0.2, 0) is 4.79 Å². The maximum atomic E-state index is 12.5. The molecule has 2 aromatic rings. The van der Waals surface area contributed by atoms with Gasteiger partial charge in [0.15, 0.2) is 0 Å². The van der Waals surface area contributed by atoms with Crippen LogP contribution in [0.5, 0.6) is 0 Å². The molecule has 0 aliphatic rings. The highest BCUT2D eigenvalue weighted by atomic mass is 16.1. The number of benzene rings is 1. The van der Waals surface area contributed by atoms with Gasteiger partial charge in [-0.2, -0.15) is 5.26 Å². The van der Waals surface area contributed by atoms with Crippen molar-refractivity contribution in [3.63, 3.8) is 0 Å². The number of carbonyl (C=O) groups excluding carboxylic acids is 1. The monoisotopic (exact) mass is 346 g/mol. The van der Waals surface area contributed by atoms with Gasteiger partial charge >= 0.3 is 0 Å². The number of H-pyrrole nitrogens is 1. The third-order valence-electron chi connectivity index (χ3n) is 3.48. The molecule has 0 fully saturated rings. The van der Waals surface area contributed by atoms with Crippen LogP contribution in [0.2, 0.25) is 0 Å². The average Bonchev–Trinajstić information content (AvgIpc) is 3.21. The molecule has 0 saturated heterocycles. The summed E-state index contributed by atoms with van der Waals surface area (Å²) in [5.41, 5.74) is 1.74. The number of carbonyl (C=O) groups is 1. The fraction of sp³-hybridized carbons (Fsp3) is 0.0952. The van der Waals surface area contributed by atoms with E-state index in [9.17, 15) is 10.1 Å². The normalized spacial score (nSPS) is 12.2. The van der Waals surface area contributed by atoms with Crippen LogP contribution in [0.1, 0.15) is 24.4 Å². The van der Waals surface area contributed by atoms with Crippen LogP contribution in [0.4, 0.5) is 0 Å². The Morgan fingerprint density at radius 1 is 1.35 bits per heavy atom. The summed E-state index contributed by atoms with van der Waals surface area (Å²) in [5, 5.41) is 12.2. The van der Waals surface area contributed by atoms with E-state index in [1.54, 1.807) is 18.5 Å². The number of allylic oxidation sites excluding steroid dienone is 1. The highest BCUT2D eigenvalue weighted by molar-refractivity contribution is 6.01. The van der Waals surface area contributed by atoms with Crippen molar-refractivity contribution >= 4 is 12.0 Å². The summed E-state index contributed by atoms with van der Waals surface area (Å²) in [6, 6.07) is 11.1. The maximum Gasteiger partial charge on any atom is 0.262 e. The zero-order valence-corrected chi connectivity index (χ0v) is 14.8. The minimum atomic E-state index is -0.469. The van der Waals surface area contributed by atoms with E-state index in [-0.39, 0.29) is 11.6 Å². The molecule has 26 heavy (non-hydrogen) atoms. The second-order valence-corrected chi connectivity index (χ2v) is 4.95. The summed E-state index contributed by atoms with van der Waals surface area (Å²) in [6.07, 6.45) is 8.18. The van der Waals surface area contributed by atoms with Crippen molar-refractivity contribution in [2.75, 3.05) is 0 Å². The lowest BCUT2D eigenvalue weighted by atomic mass is 9.98. The molecule has 1 amide bonds. The average molecular weight is 346 g/mol. The van der Waals surface area contributed by atoms with Crippen molar-refractivity contribution < 1.29 is 4.79 Å². The molecule has 1 unspecified atom stereocenters. The number of nitriles is 1. The fourth-order valence-corrected chi connectivity index (χ4v) is 2.26. The van der Waals surface area contributed by atoms with Gasteiger partial charge in [0.25, 0.3) is 5.91 Å². The standard InChI is InChI=1S/C19H18N4O.C2H4/c1-3-14(4-2)18(15-8-6-5-7-9-15)23-19(24)16(13-20)12-17-21-10-11-22-17;1-2/h3-12,18H,1H2,2H3,(H,21,22)(H,23,24);1-2H2/b14-4+,16-12+;. The van der Waals surface area contributed by atoms with E-state index in [1.165, 1.54) is 6.08 Å². The zero-order valence-electron chi connectivity index (χ0n) is 14.8. The van der Waals surface area contributed by atoms with Crippen molar-refractivity contribution in [3.8, 4) is 6.07 Å². The van der Waals surface area contributed by atoms with E-state index >= 15 is 0 Å². The molecule has 5 heteroatoms. The predicted octanol–water partition coefficient (Wildman–Crippen LogP) is 4.11. The smallest absolute Gasteiger partial charge is 0.262 e. The Morgan fingerprint density at radius 3 is 2.54 bits per heavy atom. The van der Waals surface area contributed by atoms with Gasteiger partial charge in [0.2, 0.25) is 0 Å². The van der Waals surface area contributed by atoms with Crippen LogP contribution in [0.25, 0.3) is 6.08 Å². The largest absolute Gasteiger partial charge is 0.345 e. The molecule has 132 valence electrons. The van der Waals surface area contributed by atoms with Gasteiger partial charge < -0.3 is 10.3 Å². The van der Waals surface area contributed by atoms with Gasteiger partial charge in [-0.3, -0.25) is 4.79 Å². The molecule has 0 spiro atoms. The summed E-state index contributed by atoms with van der Waals surface area (Å²) >= 11 is 0. The van der Waals surface area contributed by atoms with Gasteiger partial charge in [0, 0.05) is 18.5 Å². The zero-order chi connectivity index (χ0) is 19.4. The Bertz CT molecular complexity index is 811. The summed E-state index contributed by atoms with van der Waals surface area (Å²) in [7, 11) is 0. The van der Waals surface area contributed by atoms with Gasteiger partial charge in [0.05, 0.1) is 6.04 Å². The number of aromatic nitrogens is 2. The van der Waals surface area contributed by atoms with E-state index in [1.807, 2.05) is 49.4 Å². The molecule has 0 aliphatic carbocycles. The van der Waals surface area contributed by atoms with Crippen molar-refractivity contribution in [2.24, 2.45) is 0 Å². The van der Waals surface area contributed by atoms with E-state index < -0.39 is 5.91 Å². The van der Waals surface area contributed by atoms with Crippen LogP contribution in [0.3, 0.4) is 0 Å². The van der Waals surface area contributed by atoms with E-state index in [0.717, 1.165) is 11.1 Å². The summed E-state index contributed by atoms with van der Waals surface area (Å²) in [6.45, 7) is 11.7. The molecule has 2 N–H and O–H groups in total. The summed E-state index contributed by atoms with van der Waals surface area (Å²) in [4.78, 5) is 19.4. The molecule has 1 aromatic heterocycles. The first kappa shape index (κ1) is 20.4. The number of aromatic amines is 1.